The van der Waals surface area contributed by atoms with E-state index in [1.54, 1.807) is 43.3 Å². The number of benzene rings is 2. The van der Waals surface area contributed by atoms with Crippen LogP contribution in [-0.2, 0) is 19.6 Å². The molecule has 0 spiro atoms. The van der Waals surface area contributed by atoms with E-state index >= 15 is 0 Å². The quantitative estimate of drug-likeness (QED) is 0.725. The number of nitrogens with one attached hydrogen (secondary N) is 1. The Hall–Kier alpha value is -2.09. The van der Waals surface area contributed by atoms with Gasteiger partial charge in [-0.25, -0.2) is 8.42 Å². The van der Waals surface area contributed by atoms with Crippen LogP contribution in [0.5, 0.6) is 0 Å². The molecule has 146 valence electrons. The number of nitrogens with zero attached hydrogens (tertiary/aromatic N) is 1. The highest BCUT2D eigenvalue weighted by Gasteiger charge is 2.27. The van der Waals surface area contributed by atoms with Crippen molar-refractivity contribution in [2.45, 2.75) is 24.8 Å². The highest BCUT2D eigenvalue weighted by molar-refractivity contribution is 7.92. The van der Waals surface area contributed by atoms with E-state index in [0.717, 1.165) is 9.87 Å². The van der Waals surface area contributed by atoms with Crippen LogP contribution in [0.4, 0.5) is 5.69 Å². The predicted molar refractivity (Wildman–Crippen MR) is 107 cm³/mol. The van der Waals surface area contributed by atoms with Crippen molar-refractivity contribution in [3.8, 4) is 0 Å². The zero-order valence-corrected chi connectivity index (χ0v) is 17.0. The van der Waals surface area contributed by atoms with Crippen LogP contribution in [0.25, 0.3) is 0 Å². The Kier molecular flexibility index (Phi) is 7.24. The predicted octanol–water partition coefficient (Wildman–Crippen LogP) is 2.99. The minimum atomic E-state index is -3.94. The zero-order valence-electron chi connectivity index (χ0n) is 15.5. The third kappa shape index (κ3) is 5.45. The molecule has 6 nitrogen and oxygen atoms in total. The summed E-state index contributed by atoms with van der Waals surface area (Å²) >= 11 is 6.18. The summed E-state index contributed by atoms with van der Waals surface area (Å²) in [5.41, 5.74) is 1.14. The van der Waals surface area contributed by atoms with Crippen molar-refractivity contribution >= 4 is 33.2 Å². The summed E-state index contributed by atoms with van der Waals surface area (Å²) < 4.78 is 32.4. The van der Waals surface area contributed by atoms with Gasteiger partial charge in [0.2, 0.25) is 5.91 Å². The van der Waals surface area contributed by atoms with E-state index in [4.69, 9.17) is 16.3 Å². The summed E-state index contributed by atoms with van der Waals surface area (Å²) in [6.45, 7) is 3.56. The monoisotopic (exact) mass is 410 g/mol. The largest absolute Gasteiger partial charge is 0.383 e. The molecule has 2 aromatic carbocycles. The number of amides is 1. The average Bonchev–Trinajstić information content (AvgIpc) is 2.63. The first-order valence-corrected chi connectivity index (χ1v) is 10.2. The van der Waals surface area contributed by atoms with Gasteiger partial charge in [0, 0.05) is 18.2 Å². The lowest BCUT2D eigenvalue weighted by molar-refractivity contribution is -0.120. The van der Waals surface area contributed by atoms with Gasteiger partial charge in [-0.15, -0.1) is 0 Å². The third-order valence-corrected chi connectivity index (χ3v) is 6.08. The Bertz CT molecular complexity index is 888. The molecule has 0 saturated carbocycles. The molecule has 0 unspecified atom stereocenters. The lowest BCUT2D eigenvalue weighted by Gasteiger charge is -2.25. The number of halogens is 1. The van der Waals surface area contributed by atoms with Gasteiger partial charge < -0.3 is 10.1 Å². The lowest BCUT2D eigenvalue weighted by Crippen LogP contribution is -2.44. The molecule has 1 atom stereocenters. The number of carbonyl (C=O) groups excluding carboxylic acids is 1. The third-order valence-electron chi connectivity index (χ3n) is 3.89. The fourth-order valence-corrected chi connectivity index (χ4v) is 4.12. The van der Waals surface area contributed by atoms with Crippen molar-refractivity contribution in [2.24, 2.45) is 0 Å². The van der Waals surface area contributed by atoms with Crippen molar-refractivity contribution < 1.29 is 17.9 Å². The van der Waals surface area contributed by atoms with Gasteiger partial charge in [0.25, 0.3) is 10.0 Å². The highest BCUT2D eigenvalue weighted by atomic mass is 35.5. The first kappa shape index (κ1) is 21.2. The van der Waals surface area contributed by atoms with Gasteiger partial charge in [0.05, 0.1) is 17.2 Å². The Balaban J connectivity index is 2.40. The molecule has 2 aromatic rings. The SMILES string of the molecule is COC[C@@H](C)NC(=O)CN(c1ccc(C)c(Cl)c1)S(=O)(=O)c1ccccc1. The van der Waals surface area contributed by atoms with Crippen LogP contribution in [0.3, 0.4) is 0 Å². The molecule has 2 rings (SSSR count). The summed E-state index contributed by atoms with van der Waals surface area (Å²) in [5, 5.41) is 3.15. The molecule has 0 radical (unpaired) electrons. The maximum atomic E-state index is 13.2. The fraction of sp³-hybridized carbons (Fsp3) is 0.316. The van der Waals surface area contributed by atoms with Gasteiger partial charge in [-0.2, -0.15) is 0 Å². The number of anilines is 1. The van der Waals surface area contributed by atoms with Gasteiger partial charge in [-0.3, -0.25) is 9.10 Å². The molecular formula is C19H23ClN2O4S. The number of sulfonamides is 1. The summed E-state index contributed by atoms with van der Waals surface area (Å²) in [4.78, 5) is 12.5. The van der Waals surface area contributed by atoms with Crippen molar-refractivity contribution in [1.82, 2.24) is 5.32 Å². The van der Waals surface area contributed by atoms with E-state index in [0.29, 0.717) is 17.3 Å². The molecule has 0 heterocycles. The van der Waals surface area contributed by atoms with Crippen LogP contribution in [0.15, 0.2) is 53.4 Å². The van der Waals surface area contributed by atoms with E-state index in [1.807, 2.05) is 6.92 Å². The van der Waals surface area contributed by atoms with E-state index in [2.05, 4.69) is 5.32 Å². The second-order valence-electron chi connectivity index (χ2n) is 6.18. The van der Waals surface area contributed by atoms with E-state index in [-0.39, 0.29) is 17.5 Å². The Morgan fingerprint density at radius 1 is 1.22 bits per heavy atom. The first-order chi connectivity index (χ1) is 12.8. The molecule has 1 N–H and O–H groups in total. The molecule has 0 aromatic heterocycles. The average molecular weight is 411 g/mol. The first-order valence-electron chi connectivity index (χ1n) is 8.38. The Morgan fingerprint density at radius 2 is 1.89 bits per heavy atom. The standard InChI is InChI=1S/C19H23ClN2O4S/c1-14-9-10-16(11-18(14)20)22(12-19(23)21-15(2)13-26-3)27(24,25)17-7-5-4-6-8-17/h4-11,15H,12-13H2,1-3H3,(H,21,23)/t15-/m1/s1. The zero-order chi connectivity index (χ0) is 20.0. The smallest absolute Gasteiger partial charge is 0.264 e. The van der Waals surface area contributed by atoms with E-state index < -0.39 is 15.9 Å². The molecule has 27 heavy (non-hydrogen) atoms. The maximum Gasteiger partial charge on any atom is 0.264 e. The van der Waals surface area contributed by atoms with Crippen LogP contribution in [0.2, 0.25) is 5.02 Å². The molecule has 8 heteroatoms. The molecule has 0 aliphatic rings. The molecule has 0 aliphatic heterocycles. The summed E-state index contributed by atoms with van der Waals surface area (Å²) in [5.74, 6) is -0.434. The molecule has 0 saturated heterocycles. The second-order valence-corrected chi connectivity index (χ2v) is 8.45. The molecule has 1 amide bonds. The Morgan fingerprint density at radius 3 is 2.48 bits per heavy atom. The number of aryl methyl sites for hydroxylation is 1. The van der Waals surface area contributed by atoms with Crippen LogP contribution in [0.1, 0.15) is 12.5 Å². The van der Waals surface area contributed by atoms with E-state index in [1.165, 1.54) is 19.2 Å². The minimum absolute atomic E-state index is 0.0967. The highest BCUT2D eigenvalue weighted by Crippen LogP contribution is 2.27. The van der Waals surface area contributed by atoms with Crippen molar-refractivity contribution in [3.63, 3.8) is 0 Å². The topological polar surface area (TPSA) is 75.7 Å². The minimum Gasteiger partial charge on any atom is -0.383 e. The number of carbonyl (C=O) groups is 1. The van der Waals surface area contributed by atoms with Gasteiger partial charge in [-0.1, -0.05) is 35.9 Å². The van der Waals surface area contributed by atoms with Gasteiger partial charge in [-0.05, 0) is 43.7 Å². The number of hydrogen-bond acceptors (Lipinski definition) is 4. The normalized spacial score (nSPS) is 12.4. The van der Waals surface area contributed by atoms with Crippen LogP contribution in [-0.4, -0.2) is 40.6 Å². The maximum absolute atomic E-state index is 13.2. The fourth-order valence-electron chi connectivity index (χ4n) is 2.51. The lowest BCUT2D eigenvalue weighted by atomic mass is 10.2. The van der Waals surface area contributed by atoms with Crippen LogP contribution >= 0.6 is 11.6 Å². The Labute approximate surface area is 165 Å². The summed E-state index contributed by atoms with van der Waals surface area (Å²) in [6.07, 6.45) is 0. The molecular weight excluding hydrogens is 388 g/mol. The second kappa shape index (κ2) is 9.21. The molecule has 0 aliphatic carbocycles. The van der Waals surface area contributed by atoms with Crippen molar-refractivity contribution in [3.05, 3.63) is 59.1 Å². The van der Waals surface area contributed by atoms with Crippen LogP contribution < -0.4 is 9.62 Å². The molecule has 0 fully saturated rings. The van der Waals surface area contributed by atoms with Gasteiger partial charge in [0.1, 0.15) is 6.54 Å². The number of hydrogen-bond donors (Lipinski definition) is 1. The van der Waals surface area contributed by atoms with E-state index in [9.17, 15) is 13.2 Å². The summed E-state index contributed by atoms with van der Waals surface area (Å²) in [7, 11) is -2.41. The number of rotatable bonds is 8. The summed E-state index contributed by atoms with van der Waals surface area (Å²) in [6, 6.07) is 12.6. The number of methoxy groups -OCH3 is 1. The number of ether oxygens (including phenoxy) is 1. The van der Waals surface area contributed by atoms with Crippen molar-refractivity contribution in [2.75, 3.05) is 24.6 Å². The molecule has 0 bridgehead atoms. The van der Waals surface area contributed by atoms with Crippen molar-refractivity contribution in [1.29, 1.82) is 0 Å². The van der Waals surface area contributed by atoms with Gasteiger partial charge >= 0.3 is 0 Å². The van der Waals surface area contributed by atoms with Crippen LogP contribution in [0, 0.1) is 6.92 Å². The van der Waals surface area contributed by atoms with Gasteiger partial charge in [0.15, 0.2) is 0 Å².